The first-order valence-corrected chi connectivity index (χ1v) is 9.72. The molecule has 154 valence electrons. The van der Waals surface area contributed by atoms with Crippen LogP contribution in [-0.4, -0.2) is 48.2 Å². The van der Waals surface area contributed by atoms with Gasteiger partial charge < -0.3 is 20.1 Å². The summed E-state index contributed by atoms with van der Waals surface area (Å²) in [5.74, 6) is 1.43. The van der Waals surface area contributed by atoms with Crippen LogP contribution in [0.25, 0.3) is 16.9 Å². The molecule has 2 N–H and O–H groups in total. The molecule has 1 aliphatic rings. The number of benzene rings is 1. The molecule has 0 amide bonds. The first-order chi connectivity index (χ1) is 14.5. The topological polar surface area (TPSA) is 102 Å². The highest BCUT2D eigenvalue weighted by molar-refractivity contribution is 5.79. The molecule has 8 heteroatoms. The van der Waals surface area contributed by atoms with E-state index in [0.29, 0.717) is 28.5 Å². The minimum absolute atomic E-state index is 0.209. The third-order valence-corrected chi connectivity index (χ3v) is 5.34. The number of anilines is 2. The van der Waals surface area contributed by atoms with Crippen LogP contribution < -0.4 is 15.4 Å². The van der Waals surface area contributed by atoms with Crippen LogP contribution in [0, 0.1) is 18.3 Å². The SMILES string of the molecule is COc1cc(-c2cc(N)nc(-n3cc(C)cn3)c2C#N)cc(N2CCC(OC)C2)c1. The molecule has 0 saturated carbocycles. The molecule has 0 bridgehead atoms. The number of hydrogen-bond acceptors (Lipinski definition) is 7. The summed E-state index contributed by atoms with van der Waals surface area (Å²) in [7, 11) is 3.37. The number of nitriles is 1. The van der Waals surface area contributed by atoms with E-state index < -0.39 is 0 Å². The Morgan fingerprint density at radius 1 is 1.23 bits per heavy atom. The van der Waals surface area contributed by atoms with Gasteiger partial charge in [-0.2, -0.15) is 10.4 Å². The molecule has 0 spiro atoms. The van der Waals surface area contributed by atoms with E-state index in [-0.39, 0.29) is 6.10 Å². The number of aromatic nitrogens is 3. The van der Waals surface area contributed by atoms with Crippen molar-refractivity contribution in [1.82, 2.24) is 14.8 Å². The quantitative estimate of drug-likeness (QED) is 0.697. The second-order valence-electron chi connectivity index (χ2n) is 7.38. The Hall–Kier alpha value is -3.57. The lowest BCUT2D eigenvalue weighted by Crippen LogP contribution is -2.22. The van der Waals surface area contributed by atoms with Gasteiger partial charge in [-0.25, -0.2) is 9.67 Å². The minimum atomic E-state index is 0.209. The van der Waals surface area contributed by atoms with Crippen LogP contribution in [0.4, 0.5) is 11.5 Å². The molecule has 1 saturated heterocycles. The third-order valence-electron chi connectivity index (χ3n) is 5.34. The van der Waals surface area contributed by atoms with Crippen molar-refractivity contribution in [2.24, 2.45) is 0 Å². The second kappa shape index (κ2) is 8.05. The zero-order valence-electron chi connectivity index (χ0n) is 17.3. The predicted octanol–water partition coefficient (Wildman–Crippen LogP) is 2.93. The smallest absolute Gasteiger partial charge is 0.174 e. The number of hydrogen-bond donors (Lipinski definition) is 1. The largest absolute Gasteiger partial charge is 0.497 e. The fraction of sp³-hybridized carbons (Fsp3) is 0.318. The van der Waals surface area contributed by atoms with Crippen molar-refractivity contribution in [1.29, 1.82) is 5.26 Å². The molecule has 1 aliphatic heterocycles. The van der Waals surface area contributed by atoms with Gasteiger partial charge in [-0.05, 0) is 42.7 Å². The monoisotopic (exact) mass is 404 g/mol. The summed E-state index contributed by atoms with van der Waals surface area (Å²) >= 11 is 0. The van der Waals surface area contributed by atoms with Crippen molar-refractivity contribution in [2.75, 3.05) is 37.9 Å². The van der Waals surface area contributed by atoms with E-state index >= 15 is 0 Å². The summed E-state index contributed by atoms with van der Waals surface area (Å²) in [5, 5.41) is 14.3. The van der Waals surface area contributed by atoms with Crippen molar-refractivity contribution < 1.29 is 9.47 Å². The fourth-order valence-electron chi connectivity index (χ4n) is 3.78. The maximum absolute atomic E-state index is 9.96. The number of nitrogens with zero attached hydrogens (tertiary/aromatic N) is 5. The summed E-state index contributed by atoms with van der Waals surface area (Å²) in [6.45, 7) is 3.64. The Labute approximate surface area is 175 Å². The van der Waals surface area contributed by atoms with Crippen molar-refractivity contribution in [3.8, 4) is 28.8 Å². The molecule has 3 aromatic rings. The molecule has 3 heterocycles. The summed E-state index contributed by atoms with van der Waals surface area (Å²) < 4.78 is 12.6. The number of rotatable bonds is 5. The van der Waals surface area contributed by atoms with Gasteiger partial charge in [0.1, 0.15) is 23.2 Å². The molecule has 1 atom stereocenters. The van der Waals surface area contributed by atoms with Gasteiger partial charge in [0.25, 0.3) is 0 Å². The van der Waals surface area contributed by atoms with E-state index in [1.54, 1.807) is 31.2 Å². The fourth-order valence-corrected chi connectivity index (χ4v) is 3.78. The molecule has 0 aliphatic carbocycles. The summed E-state index contributed by atoms with van der Waals surface area (Å²) in [6, 6.07) is 9.96. The molecular weight excluding hydrogens is 380 g/mol. The van der Waals surface area contributed by atoms with Gasteiger partial charge in [0, 0.05) is 43.7 Å². The zero-order valence-corrected chi connectivity index (χ0v) is 17.3. The van der Waals surface area contributed by atoms with Crippen LogP contribution in [0.1, 0.15) is 17.5 Å². The maximum atomic E-state index is 9.96. The van der Waals surface area contributed by atoms with Crippen LogP contribution >= 0.6 is 0 Å². The minimum Gasteiger partial charge on any atom is -0.497 e. The van der Waals surface area contributed by atoms with Crippen molar-refractivity contribution in [3.63, 3.8) is 0 Å². The van der Waals surface area contributed by atoms with Crippen LogP contribution in [0.5, 0.6) is 5.75 Å². The molecule has 8 nitrogen and oxygen atoms in total. The number of nitrogens with two attached hydrogens (primary N) is 1. The number of ether oxygens (including phenoxy) is 2. The van der Waals surface area contributed by atoms with Crippen LogP contribution in [-0.2, 0) is 4.74 Å². The van der Waals surface area contributed by atoms with Gasteiger partial charge in [-0.1, -0.05) is 0 Å². The Kier molecular flexibility index (Phi) is 5.29. The lowest BCUT2D eigenvalue weighted by molar-refractivity contribution is 0.121. The van der Waals surface area contributed by atoms with E-state index in [1.807, 2.05) is 31.3 Å². The van der Waals surface area contributed by atoms with Crippen LogP contribution in [0.3, 0.4) is 0 Å². The molecule has 1 aromatic carbocycles. The number of nitrogen functional groups attached to an aromatic ring is 1. The molecule has 0 radical (unpaired) electrons. The summed E-state index contributed by atoms with van der Waals surface area (Å²) in [6.07, 6.45) is 4.71. The standard InChI is InChI=1S/C22H24N6O2/c1-14-11-25-28(12-14)22-20(10-23)19(9-21(24)26-22)15-6-16(8-18(7-15)30-3)27-5-4-17(13-27)29-2/h6-9,11-12,17H,4-5,13H2,1-3H3,(H2,24,26). The van der Waals surface area contributed by atoms with Crippen LogP contribution in [0.15, 0.2) is 36.7 Å². The normalized spacial score (nSPS) is 15.9. The Morgan fingerprint density at radius 2 is 2.07 bits per heavy atom. The van der Waals surface area contributed by atoms with Gasteiger partial charge in [0.15, 0.2) is 5.82 Å². The van der Waals surface area contributed by atoms with Crippen molar-refractivity contribution >= 4 is 11.5 Å². The first kappa shape index (κ1) is 19.7. The van der Waals surface area contributed by atoms with E-state index in [0.717, 1.165) is 36.3 Å². The number of methoxy groups -OCH3 is 2. The molecule has 4 rings (SSSR count). The van der Waals surface area contributed by atoms with Gasteiger partial charge in [-0.15, -0.1) is 0 Å². The van der Waals surface area contributed by atoms with Gasteiger partial charge in [0.05, 0.1) is 19.4 Å². The maximum Gasteiger partial charge on any atom is 0.174 e. The Morgan fingerprint density at radius 3 is 2.70 bits per heavy atom. The van der Waals surface area contributed by atoms with Crippen LogP contribution in [0.2, 0.25) is 0 Å². The van der Waals surface area contributed by atoms with Gasteiger partial charge >= 0.3 is 0 Å². The number of pyridine rings is 1. The average Bonchev–Trinajstić information content (AvgIpc) is 3.41. The molecule has 1 fully saturated rings. The van der Waals surface area contributed by atoms with Gasteiger partial charge in [-0.3, -0.25) is 0 Å². The highest BCUT2D eigenvalue weighted by Crippen LogP contribution is 2.35. The van der Waals surface area contributed by atoms with E-state index in [4.69, 9.17) is 15.2 Å². The highest BCUT2D eigenvalue weighted by Gasteiger charge is 2.24. The summed E-state index contributed by atoms with van der Waals surface area (Å²) in [5.41, 5.74) is 10.0. The Bertz CT molecular complexity index is 1120. The Balaban J connectivity index is 1.85. The molecule has 1 unspecified atom stereocenters. The molecular formula is C22H24N6O2. The van der Waals surface area contributed by atoms with E-state index in [1.165, 1.54) is 0 Å². The second-order valence-corrected chi connectivity index (χ2v) is 7.38. The average molecular weight is 404 g/mol. The third kappa shape index (κ3) is 3.67. The molecule has 2 aromatic heterocycles. The van der Waals surface area contributed by atoms with Crippen molar-refractivity contribution in [2.45, 2.75) is 19.4 Å². The lowest BCUT2D eigenvalue weighted by Gasteiger charge is -2.21. The van der Waals surface area contributed by atoms with Crippen molar-refractivity contribution in [3.05, 3.63) is 47.8 Å². The summed E-state index contributed by atoms with van der Waals surface area (Å²) in [4.78, 5) is 6.63. The van der Waals surface area contributed by atoms with E-state index in [2.05, 4.69) is 21.1 Å². The number of aryl methyl sites for hydroxylation is 1. The lowest BCUT2D eigenvalue weighted by atomic mass is 10.00. The first-order valence-electron chi connectivity index (χ1n) is 9.72. The zero-order chi connectivity index (χ0) is 21.3. The molecule has 30 heavy (non-hydrogen) atoms. The van der Waals surface area contributed by atoms with Gasteiger partial charge in [0.2, 0.25) is 0 Å². The predicted molar refractivity (Wildman–Crippen MR) is 115 cm³/mol. The highest BCUT2D eigenvalue weighted by atomic mass is 16.5. The van der Waals surface area contributed by atoms with E-state index in [9.17, 15) is 5.26 Å².